The molecular weight excluding hydrogens is 418 g/mol. The van der Waals surface area contributed by atoms with Crippen LogP contribution < -0.4 is 4.74 Å². The summed E-state index contributed by atoms with van der Waals surface area (Å²) < 4.78 is 11.1. The van der Waals surface area contributed by atoms with Crippen molar-refractivity contribution in [2.75, 3.05) is 32.9 Å². The van der Waals surface area contributed by atoms with Crippen LogP contribution in [-0.2, 0) is 22.4 Å². The van der Waals surface area contributed by atoms with Crippen LogP contribution in [0.5, 0.6) is 5.75 Å². The molecule has 1 aromatic carbocycles. The minimum absolute atomic E-state index is 0.00114. The van der Waals surface area contributed by atoms with Crippen LogP contribution in [0.15, 0.2) is 40.5 Å². The molecule has 0 atom stereocenters. The lowest BCUT2D eigenvalue weighted by atomic mass is 9.97. The van der Waals surface area contributed by atoms with Crippen molar-refractivity contribution in [3.8, 4) is 5.75 Å². The summed E-state index contributed by atoms with van der Waals surface area (Å²) in [6.07, 6.45) is 6.43. The molecule has 0 radical (unpaired) electrons. The zero-order chi connectivity index (χ0) is 20.3. The predicted octanol–water partition coefficient (Wildman–Crippen LogP) is 3.96. The molecule has 8 heteroatoms. The van der Waals surface area contributed by atoms with Crippen LogP contribution in [0.3, 0.4) is 0 Å². The number of carbonyl (C=O) groups is 1. The van der Waals surface area contributed by atoms with Crippen LogP contribution in [0, 0.1) is 0 Å². The molecule has 1 aliphatic carbocycles. The zero-order valence-electron chi connectivity index (χ0n) is 16.6. The number of aromatic nitrogens is 2. The summed E-state index contributed by atoms with van der Waals surface area (Å²) in [4.78, 5) is 26.8. The molecule has 0 bridgehead atoms. The second-order valence-corrected chi connectivity index (χ2v) is 9.57. The maximum absolute atomic E-state index is 12.3. The largest absolute Gasteiger partial charge is 0.484 e. The van der Waals surface area contributed by atoms with Crippen LogP contribution in [0.25, 0.3) is 10.2 Å². The molecular formula is C22H23N3O3S2. The highest BCUT2D eigenvalue weighted by molar-refractivity contribution is 7.99. The SMILES string of the molecule is O=C(COc1cccc(Sc2ncnc3sc4c(c23)CCCC4)c1)N1CCOCC1. The Balaban J connectivity index is 1.31. The molecule has 2 aromatic heterocycles. The first-order chi connectivity index (χ1) is 14.8. The first kappa shape index (κ1) is 19.8. The van der Waals surface area contributed by atoms with Gasteiger partial charge in [-0.1, -0.05) is 17.8 Å². The lowest BCUT2D eigenvalue weighted by Crippen LogP contribution is -2.42. The molecule has 3 aromatic rings. The summed E-state index contributed by atoms with van der Waals surface area (Å²) >= 11 is 3.45. The van der Waals surface area contributed by atoms with Gasteiger partial charge < -0.3 is 14.4 Å². The standard InChI is InChI=1S/C22H23N3O3S2/c26-19(25-8-10-27-11-9-25)13-28-15-4-3-5-16(12-15)29-21-20-17-6-1-2-7-18(17)30-22(20)24-14-23-21/h3-5,12,14H,1-2,6-11,13H2. The molecule has 30 heavy (non-hydrogen) atoms. The Kier molecular flexibility index (Phi) is 5.88. The van der Waals surface area contributed by atoms with Gasteiger partial charge in [0.25, 0.3) is 5.91 Å². The van der Waals surface area contributed by atoms with E-state index in [1.807, 2.05) is 35.6 Å². The second-order valence-electron chi connectivity index (χ2n) is 7.43. The fourth-order valence-electron chi connectivity index (χ4n) is 3.93. The van der Waals surface area contributed by atoms with E-state index in [-0.39, 0.29) is 12.5 Å². The molecule has 5 rings (SSSR count). The number of hydrogen-bond donors (Lipinski definition) is 0. The van der Waals surface area contributed by atoms with E-state index >= 15 is 0 Å². The lowest BCUT2D eigenvalue weighted by Gasteiger charge is -2.26. The normalized spacial score (nSPS) is 16.5. The number of benzene rings is 1. The van der Waals surface area contributed by atoms with Gasteiger partial charge in [0.05, 0.1) is 13.2 Å². The highest BCUT2D eigenvalue weighted by atomic mass is 32.2. The second kappa shape index (κ2) is 8.91. The number of ether oxygens (including phenoxy) is 2. The van der Waals surface area contributed by atoms with E-state index in [9.17, 15) is 4.79 Å². The molecule has 1 aliphatic heterocycles. The Bertz CT molecular complexity index is 1060. The molecule has 0 spiro atoms. The Morgan fingerprint density at radius 3 is 2.97 bits per heavy atom. The van der Waals surface area contributed by atoms with E-state index in [0.29, 0.717) is 32.1 Å². The van der Waals surface area contributed by atoms with Crippen molar-refractivity contribution in [1.82, 2.24) is 14.9 Å². The van der Waals surface area contributed by atoms with Gasteiger partial charge in [0, 0.05) is 28.2 Å². The number of fused-ring (bicyclic) bond motifs is 3. The number of carbonyl (C=O) groups excluding carboxylic acids is 1. The Labute approximate surface area is 183 Å². The van der Waals surface area contributed by atoms with E-state index in [1.165, 1.54) is 28.7 Å². The number of amides is 1. The van der Waals surface area contributed by atoms with Gasteiger partial charge in [0.2, 0.25) is 0 Å². The average Bonchev–Trinajstić information content (AvgIpc) is 3.18. The van der Waals surface area contributed by atoms with Crippen LogP contribution >= 0.6 is 23.1 Å². The molecule has 3 heterocycles. The number of aryl methyl sites for hydroxylation is 2. The van der Waals surface area contributed by atoms with Crippen molar-refractivity contribution in [2.24, 2.45) is 0 Å². The van der Waals surface area contributed by atoms with Crippen molar-refractivity contribution in [1.29, 1.82) is 0 Å². The molecule has 6 nitrogen and oxygen atoms in total. The van der Waals surface area contributed by atoms with E-state index in [1.54, 1.807) is 23.0 Å². The van der Waals surface area contributed by atoms with Crippen molar-refractivity contribution < 1.29 is 14.3 Å². The summed E-state index contributed by atoms with van der Waals surface area (Å²) in [5.41, 5.74) is 1.44. The van der Waals surface area contributed by atoms with Gasteiger partial charge in [-0.25, -0.2) is 9.97 Å². The van der Waals surface area contributed by atoms with Gasteiger partial charge in [-0.05, 0) is 49.4 Å². The maximum Gasteiger partial charge on any atom is 0.260 e. The van der Waals surface area contributed by atoms with Gasteiger partial charge in [0.15, 0.2) is 6.61 Å². The molecule has 0 N–H and O–H groups in total. The summed E-state index contributed by atoms with van der Waals surface area (Å²) in [6.45, 7) is 2.50. The van der Waals surface area contributed by atoms with Crippen LogP contribution in [-0.4, -0.2) is 53.7 Å². The lowest BCUT2D eigenvalue weighted by molar-refractivity contribution is -0.137. The number of nitrogens with zero attached hydrogens (tertiary/aromatic N) is 3. The smallest absolute Gasteiger partial charge is 0.260 e. The highest BCUT2D eigenvalue weighted by Gasteiger charge is 2.21. The fourth-order valence-corrected chi connectivity index (χ4v) is 6.19. The third-order valence-corrected chi connectivity index (χ3v) is 7.66. The Hall–Kier alpha value is -2.16. The number of morpholine rings is 1. The predicted molar refractivity (Wildman–Crippen MR) is 118 cm³/mol. The maximum atomic E-state index is 12.3. The van der Waals surface area contributed by atoms with E-state index < -0.39 is 0 Å². The van der Waals surface area contributed by atoms with Gasteiger partial charge in [0.1, 0.15) is 21.9 Å². The molecule has 1 saturated heterocycles. The molecule has 0 unspecified atom stereocenters. The monoisotopic (exact) mass is 441 g/mol. The Morgan fingerprint density at radius 2 is 2.07 bits per heavy atom. The Morgan fingerprint density at radius 1 is 1.20 bits per heavy atom. The number of rotatable bonds is 5. The van der Waals surface area contributed by atoms with Crippen LogP contribution in [0.2, 0.25) is 0 Å². The van der Waals surface area contributed by atoms with Crippen molar-refractivity contribution in [2.45, 2.75) is 35.6 Å². The molecule has 156 valence electrons. The number of hydrogen-bond acceptors (Lipinski definition) is 7. The van der Waals surface area contributed by atoms with Crippen molar-refractivity contribution in [3.05, 3.63) is 41.0 Å². The van der Waals surface area contributed by atoms with Gasteiger partial charge >= 0.3 is 0 Å². The van der Waals surface area contributed by atoms with Crippen LogP contribution in [0.1, 0.15) is 23.3 Å². The van der Waals surface area contributed by atoms with Gasteiger partial charge in [-0.2, -0.15) is 0 Å². The van der Waals surface area contributed by atoms with E-state index in [4.69, 9.17) is 9.47 Å². The summed E-state index contributed by atoms with van der Waals surface area (Å²) in [5.74, 6) is 0.693. The minimum atomic E-state index is -0.00114. The van der Waals surface area contributed by atoms with Crippen molar-refractivity contribution >= 4 is 39.2 Å². The van der Waals surface area contributed by atoms with Crippen molar-refractivity contribution in [3.63, 3.8) is 0 Å². The fraction of sp³-hybridized carbons (Fsp3) is 0.409. The third-order valence-electron chi connectivity index (χ3n) is 5.46. The minimum Gasteiger partial charge on any atom is -0.484 e. The molecule has 2 aliphatic rings. The summed E-state index contributed by atoms with van der Waals surface area (Å²) in [7, 11) is 0. The summed E-state index contributed by atoms with van der Waals surface area (Å²) in [5, 5.41) is 2.22. The molecule has 1 amide bonds. The van der Waals surface area contributed by atoms with Gasteiger partial charge in [-0.3, -0.25) is 4.79 Å². The first-order valence-electron chi connectivity index (χ1n) is 10.3. The third kappa shape index (κ3) is 4.17. The van der Waals surface area contributed by atoms with E-state index in [0.717, 1.165) is 27.6 Å². The quantitative estimate of drug-likeness (QED) is 0.559. The topological polar surface area (TPSA) is 64.5 Å². The molecule has 0 saturated carbocycles. The van der Waals surface area contributed by atoms with Crippen LogP contribution in [0.4, 0.5) is 0 Å². The molecule has 1 fully saturated rings. The highest BCUT2D eigenvalue weighted by Crippen LogP contribution is 2.41. The number of thiophene rings is 1. The summed E-state index contributed by atoms with van der Waals surface area (Å²) in [6, 6.07) is 7.87. The van der Waals surface area contributed by atoms with Gasteiger partial charge in [-0.15, -0.1) is 11.3 Å². The zero-order valence-corrected chi connectivity index (χ0v) is 18.3. The average molecular weight is 442 g/mol. The van der Waals surface area contributed by atoms with E-state index in [2.05, 4.69) is 9.97 Å². The first-order valence-corrected chi connectivity index (χ1v) is 11.9.